The molecule has 0 saturated carbocycles. The molecule has 25 heavy (non-hydrogen) atoms. The van der Waals surface area contributed by atoms with Crippen LogP contribution in [-0.2, 0) is 32.7 Å². The number of carbonyl (C=O) groups is 2. The molecule has 0 heterocycles. The normalized spacial score (nSPS) is 14.6. The molecule has 0 bridgehead atoms. The van der Waals surface area contributed by atoms with Gasteiger partial charge in [0, 0.05) is 12.8 Å². The lowest BCUT2D eigenvalue weighted by Gasteiger charge is -2.19. The van der Waals surface area contributed by atoms with Gasteiger partial charge in [-0.05, 0) is 13.3 Å². The summed E-state index contributed by atoms with van der Waals surface area (Å²) in [6.07, 6.45) is 4.41. The highest BCUT2D eigenvalue weighted by Crippen LogP contribution is 2.43. The minimum Gasteiger partial charge on any atom is -0.462 e. The van der Waals surface area contributed by atoms with Gasteiger partial charge in [0.05, 0.1) is 13.2 Å². The lowest BCUT2D eigenvalue weighted by atomic mass is 10.1. The average Bonchev–Trinajstić information content (AvgIpc) is 2.56. The molecule has 0 aromatic rings. The van der Waals surface area contributed by atoms with Crippen molar-refractivity contribution in [2.24, 2.45) is 0 Å². The summed E-state index contributed by atoms with van der Waals surface area (Å²) in [5.41, 5.74) is 0. The first-order chi connectivity index (χ1) is 11.8. The predicted octanol–water partition coefficient (Wildman–Crippen LogP) is 3.37. The Morgan fingerprint density at radius 1 is 0.960 bits per heavy atom. The molecule has 0 aromatic carbocycles. The second kappa shape index (κ2) is 14.2. The van der Waals surface area contributed by atoms with E-state index in [-0.39, 0.29) is 26.1 Å². The van der Waals surface area contributed by atoms with Crippen LogP contribution in [0.4, 0.5) is 0 Å². The highest BCUT2D eigenvalue weighted by molar-refractivity contribution is 7.47. The second-order valence-electron chi connectivity index (χ2n) is 5.49. The van der Waals surface area contributed by atoms with Crippen molar-refractivity contribution in [1.29, 1.82) is 0 Å². The van der Waals surface area contributed by atoms with Gasteiger partial charge in [-0.3, -0.25) is 18.6 Å². The van der Waals surface area contributed by atoms with Crippen LogP contribution in [0.1, 0.15) is 65.7 Å². The van der Waals surface area contributed by atoms with E-state index < -0.39 is 32.5 Å². The summed E-state index contributed by atoms with van der Waals surface area (Å²) in [5.74, 6) is -0.917. The first kappa shape index (κ1) is 24.1. The maximum Gasteiger partial charge on any atom is 0.472 e. The van der Waals surface area contributed by atoms with E-state index in [4.69, 9.17) is 14.0 Å². The first-order valence-electron chi connectivity index (χ1n) is 8.81. The van der Waals surface area contributed by atoms with E-state index in [1.807, 2.05) is 0 Å². The van der Waals surface area contributed by atoms with Crippen LogP contribution in [0.5, 0.6) is 0 Å². The quantitative estimate of drug-likeness (QED) is 0.261. The molecule has 0 spiro atoms. The van der Waals surface area contributed by atoms with E-state index in [1.54, 1.807) is 13.8 Å². The summed E-state index contributed by atoms with van der Waals surface area (Å²) in [7, 11) is -4.21. The Labute approximate surface area is 149 Å². The lowest BCUT2D eigenvalue weighted by molar-refractivity contribution is -0.161. The van der Waals surface area contributed by atoms with E-state index in [9.17, 15) is 19.0 Å². The van der Waals surface area contributed by atoms with E-state index in [0.717, 1.165) is 25.7 Å². The Balaban J connectivity index is 4.39. The van der Waals surface area contributed by atoms with Gasteiger partial charge in [-0.25, -0.2) is 4.57 Å². The zero-order chi connectivity index (χ0) is 19.1. The third-order valence-electron chi connectivity index (χ3n) is 3.22. The van der Waals surface area contributed by atoms with Crippen LogP contribution in [0.2, 0.25) is 0 Å². The second-order valence-corrected chi connectivity index (χ2v) is 6.95. The Morgan fingerprint density at radius 3 is 2.24 bits per heavy atom. The standard InChI is InChI=1S/C16H31O8P/c1-4-7-8-9-10-11-16(18)24-14(12-21-15(17)5-2)13-23-25(19,20)22-6-3/h14H,4-13H2,1-3H3,(H,19,20)/t14-/m1/s1. The number of hydrogen-bond donors (Lipinski definition) is 1. The van der Waals surface area contributed by atoms with Crippen LogP contribution in [0, 0.1) is 0 Å². The van der Waals surface area contributed by atoms with Crippen LogP contribution < -0.4 is 0 Å². The number of hydrogen-bond acceptors (Lipinski definition) is 7. The molecule has 9 heteroatoms. The van der Waals surface area contributed by atoms with Crippen molar-refractivity contribution in [1.82, 2.24) is 0 Å². The molecule has 1 unspecified atom stereocenters. The topological polar surface area (TPSA) is 108 Å². The third kappa shape index (κ3) is 14.0. The molecule has 0 saturated heterocycles. The molecule has 0 aromatic heterocycles. The maximum atomic E-state index is 11.9. The molecule has 0 fully saturated rings. The fourth-order valence-electron chi connectivity index (χ4n) is 1.90. The van der Waals surface area contributed by atoms with Gasteiger partial charge in [-0.2, -0.15) is 0 Å². The highest BCUT2D eigenvalue weighted by Gasteiger charge is 2.25. The molecule has 0 rings (SSSR count). The zero-order valence-electron chi connectivity index (χ0n) is 15.4. The minimum atomic E-state index is -4.21. The first-order valence-corrected chi connectivity index (χ1v) is 10.3. The summed E-state index contributed by atoms with van der Waals surface area (Å²) in [6, 6.07) is 0. The molecule has 1 N–H and O–H groups in total. The van der Waals surface area contributed by atoms with Gasteiger partial charge in [0.2, 0.25) is 0 Å². The van der Waals surface area contributed by atoms with E-state index >= 15 is 0 Å². The Hall–Kier alpha value is -0.950. The van der Waals surface area contributed by atoms with Gasteiger partial charge >= 0.3 is 19.8 Å². The molecule has 0 aliphatic heterocycles. The fraction of sp³-hybridized carbons (Fsp3) is 0.875. The molecule has 2 atom stereocenters. The van der Waals surface area contributed by atoms with E-state index in [2.05, 4.69) is 11.4 Å². The number of esters is 2. The van der Waals surface area contributed by atoms with Crippen LogP contribution in [0.25, 0.3) is 0 Å². The Bertz CT molecular complexity index is 426. The minimum absolute atomic E-state index is 0.000806. The van der Waals surface area contributed by atoms with Crippen LogP contribution >= 0.6 is 7.82 Å². The van der Waals surface area contributed by atoms with Gasteiger partial charge in [0.25, 0.3) is 0 Å². The fourth-order valence-corrected chi connectivity index (χ4v) is 2.66. The molecule has 0 aliphatic rings. The van der Waals surface area contributed by atoms with E-state index in [0.29, 0.717) is 6.42 Å². The molecular weight excluding hydrogens is 351 g/mol. The van der Waals surface area contributed by atoms with Gasteiger partial charge in [0.15, 0.2) is 6.10 Å². The Morgan fingerprint density at radius 2 is 1.64 bits per heavy atom. The number of carbonyl (C=O) groups excluding carboxylic acids is 2. The third-order valence-corrected chi connectivity index (χ3v) is 4.28. The maximum absolute atomic E-state index is 11.9. The van der Waals surface area contributed by atoms with Crippen molar-refractivity contribution in [3.63, 3.8) is 0 Å². The van der Waals surface area contributed by atoms with Crippen LogP contribution in [0.15, 0.2) is 0 Å². The predicted molar refractivity (Wildman–Crippen MR) is 91.9 cm³/mol. The van der Waals surface area contributed by atoms with Gasteiger partial charge in [0.1, 0.15) is 6.61 Å². The number of phosphoric ester groups is 1. The average molecular weight is 382 g/mol. The zero-order valence-corrected chi connectivity index (χ0v) is 16.3. The van der Waals surface area contributed by atoms with Gasteiger partial charge in [-0.15, -0.1) is 0 Å². The van der Waals surface area contributed by atoms with Crippen molar-refractivity contribution < 1.29 is 37.6 Å². The number of unbranched alkanes of at least 4 members (excludes halogenated alkanes) is 4. The van der Waals surface area contributed by atoms with Crippen molar-refractivity contribution in [3.05, 3.63) is 0 Å². The molecule has 8 nitrogen and oxygen atoms in total. The summed E-state index contributed by atoms with van der Waals surface area (Å²) in [4.78, 5) is 32.5. The highest BCUT2D eigenvalue weighted by atomic mass is 31.2. The molecule has 0 amide bonds. The molecule has 0 aliphatic carbocycles. The van der Waals surface area contributed by atoms with Crippen LogP contribution in [0.3, 0.4) is 0 Å². The van der Waals surface area contributed by atoms with Gasteiger partial charge < -0.3 is 14.4 Å². The monoisotopic (exact) mass is 382 g/mol. The summed E-state index contributed by atoms with van der Waals surface area (Å²) < 4.78 is 31.0. The Kier molecular flexibility index (Phi) is 13.7. The number of ether oxygens (including phenoxy) is 2. The summed E-state index contributed by atoms with van der Waals surface area (Å²) >= 11 is 0. The SMILES string of the molecule is CCCCCCCC(=O)O[C@H](COC(=O)CC)COP(=O)(O)OCC. The van der Waals surface area contributed by atoms with Crippen molar-refractivity contribution in [3.8, 4) is 0 Å². The van der Waals surface area contributed by atoms with Crippen molar-refractivity contribution in [2.75, 3.05) is 19.8 Å². The van der Waals surface area contributed by atoms with Crippen LogP contribution in [-0.4, -0.2) is 42.8 Å². The number of rotatable bonds is 15. The molecule has 0 radical (unpaired) electrons. The summed E-state index contributed by atoms with van der Waals surface area (Å²) in [5, 5.41) is 0. The molecular formula is C16H31O8P. The molecule has 148 valence electrons. The van der Waals surface area contributed by atoms with E-state index in [1.165, 1.54) is 0 Å². The van der Waals surface area contributed by atoms with Gasteiger partial charge in [-0.1, -0.05) is 39.5 Å². The summed E-state index contributed by atoms with van der Waals surface area (Å²) in [6.45, 7) is 4.66. The smallest absolute Gasteiger partial charge is 0.462 e. The largest absolute Gasteiger partial charge is 0.472 e. The lowest BCUT2D eigenvalue weighted by Crippen LogP contribution is -2.29. The van der Waals surface area contributed by atoms with Crippen molar-refractivity contribution in [2.45, 2.75) is 71.8 Å². The van der Waals surface area contributed by atoms with Crippen molar-refractivity contribution >= 4 is 19.8 Å². The number of phosphoric acid groups is 1.